The summed E-state index contributed by atoms with van der Waals surface area (Å²) in [5.41, 5.74) is 0.533. The number of hydrogen-bond donors (Lipinski definition) is 0. The smallest absolute Gasteiger partial charge is 0.242 e. The number of ether oxygens (including phenoxy) is 3. The Balaban J connectivity index is 2.29. The second-order valence-electron chi connectivity index (χ2n) is 6.58. The first-order valence-corrected chi connectivity index (χ1v) is 8.77. The minimum absolute atomic E-state index is 0.0132. The summed E-state index contributed by atoms with van der Waals surface area (Å²) in [5, 5.41) is 0. The summed E-state index contributed by atoms with van der Waals surface area (Å²) < 4.78 is 16.0. The van der Waals surface area contributed by atoms with Crippen LogP contribution >= 0.6 is 0 Å². The number of nitrogens with zero attached hydrogens (tertiary/aromatic N) is 2. The van der Waals surface area contributed by atoms with Gasteiger partial charge in [-0.3, -0.25) is 9.59 Å². The quantitative estimate of drug-likeness (QED) is 0.775. The van der Waals surface area contributed by atoms with Crippen molar-refractivity contribution in [3.63, 3.8) is 0 Å². The maximum Gasteiger partial charge on any atom is 0.242 e. The van der Waals surface area contributed by atoms with E-state index in [0.717, 1.165) is 25.9 Å². The monoisotopic (exact) mass is 364 g/mol. The highest BCUT2D eigenvalue weighted by Crippen LogP contribution is 2.41. The van der Waals surface area contributed by atoms with Crippen LogP contribution in [-0.2, 0) is 9.59 Å². The van der Waals surface area contributed by atoms with Gasteiger partial charge in [0.05, 0.1) is 27.0 Å². The molecule has 1 aliphatic rings. The Morgan fingerprint density at radius 3 is 2.23 bits per heavy atom. The number of carbonyl (C=O) groups is 2. The van der Waals surface area contributed by atoms with Crippen molar-refractivity contribution in [3.05, 3.63) is 12.1 Å². The van der Waals surface area contributed by atoms with Crippen LogP contribution in [0.3, 0.4) is 0 Å². The molecule has 1 unspecified atom stereocenters. The highest BCUT2D eigenvalue weighted by molar-refractivity contribution is 5.98. The number of piperidine rings is 1. The van der Waals surface area contributed by atoms with Crippen LogP contribution in [0.15, 0.2) is 12.1 Å². The fraction of sp³-hybridized carbons (Fsp3) is 0.579. The molecule has 26 heavy (non-hydrogen) atoms. The van der Waals surface area contributed by atoms with Crippen LogP contribution in [0.25, 0.3) is 0 Å². The Morgan fingerprint density at radius 2 is 1.77 bits per heavy atom. The zero-order valence-corrected chi connectivity index (χ0v) is 16.2. The van der Waals surface area contributed by atoms with Gasteiger partial charge in [0.25, 0.3) is 0 Å². The molecule has 0 aliphatic carbocycles. The number of amides is 2. The highest BCUT2D eigenvalue weighted by Gasteiger charge is 2.26. The zero-order chi connectivity index (χ0) is 19.3. The van der Waals surface area contributed by atoms with Crippen LogP contribution in [0.2, 0.25) is 0 Å². The van der Waals surface area contributed by atoms with Gasteiger partial charge in [0, 0.05) is 32.1 Å². The third-order valence-corrected chi connectivity index (χ3v) is 4.64. The molecule has 1 heterocycles. The van der Waals surface area contributed by atoms with Crippen molar-refractivity contribution in [2.45, 2.75) is 26.7 Å². The largest absolute Gasteiger partial charge is 0.493 e. The Morgan fingerprint density at radius 1 is 1.15 bits per heavy atom. The van der Waals surface area contributed by atoms with Gasteiger partial charge in [-0.2, -0.15) is 0 Å². The predicted octanol–water partition coefficient (Wildman–Crippen LogP) is 2.32. The van der Waals surface area contributed by atoms with Gasteiger partial charge in [0.1, 0.15) is 6.54 Å². The van der Waals surface area contributed by atoms with Gasteiger partial charge < -0.3 is 24.0 Å². The van der Waals surface area contributed by atoms with Crippen LogP contribution in [0, 0.1) is 5.92 Å². The van der Waals surface area contributed by atoms with Gasteiger partial charge in [-0.15, -0.1) is 0 Å². The van der Waals surface area contributed by atoms with Gasteiger partial charge in [-0.05, 0) is 18.8 Å². The fourth-order valence-corrected chi connectivity index (χ4v) is 3.26. The average Bonchev–Trinajstić information content (AvgIpc) is 2.64. The van der Waals surface area contributed by atoms with Crippen molar-refractivity contribution in [1.82, 2.24) is 4.90 Å². The first kappa shape index (κ1) is 19.9. The van der Waals surface area contributed by atoms with E-state index in [4.69, 9.17) is 14.2 Å². The lowest BCUT2D eigenvalue weighted by atomic mass is 10.0. The molecule has 0 bridgehead atoms. The topological polar surface area (TPSA) is 68.3 Å². The number of benzene rings is 1. The lowest BCUT2D eigenvalue weighted by molar-refractivity contribution is -0.132. The van der Waals surface area contributed by atoms with Crippen LogP contribution in [0.5, 0.6) is 17.2 Å². The molecule has 1 aliphatic heterocycles. The molecule has 144 valence electrons. The average molecular weight is 364 g/mol. The Kier molecular flexibility index (Phi) is 6.71. The molecule has 1 aromatic rings. The van der Waals surface area contributed by atoms with E-state index in [0.29, 0.717) is 28.9 Å². The SMILES string of the molecule is COc1cc(N(CC(=O)N2CCCC(C)C2)C(C)=O)cc(OC)c1OC. The normalized spacial score (nSPS) is 16.8. The zero-order valence-electron chi connectivity index (χ0n) is 16.2. The Hall–Kier alpha value is -2.44. The molecule has 0 saturated carbocycles. The molecule has 1 saturated heterocycles. The third kappa shape index (κ3) is 4.39. The molecular formula is C19H28N2O5. The highest BCUT2D eigenvalue weighted by atomic mass is 16.5. The molecule has 1 atom stereocenters. The van der Waals surface area contributed by atoms with Crippen molar-refractivity contribution in [1.29, 1.82) is 0 Å². The standard InChI is InChI=1S/C19H28N2O5/c1-13-7-6-8-20(11-13)18(23)12-21(14(2)22)15-9-16(24-3)19(26-5)17(10-15)25-4/h9-10,13H,6-8,11-12H2,1-5H3. The van der Waals surface area contributed by atoms with Crippen molar-refractivity contribution < 1.29 is 23.8 Å². The van der Waals surface area contributed by atoms with Gasteiger partial charge in [0.15, 0.2) is 11.5 Å². The first-order chi connectivity index (χ1) is 12.4. The third-order valence-electron chi connectivity index (χ3n) is 4.64. The van der Waals surface area contributed by atoms with Crippen LogP contribution in [0.1, 0.15) is 26.7 Å². The minimum Gasteiger partial charge on any atom is -0.493 e. The number of methoxy groups -OCH3 is 3. The summed E-state index contributed by atoms with van der Waals surface area (Å²) in [5.74, 6) is 1.52. The summed E-state index contributed by atoms with van der Waals surface area (Å²) in [6, 6.07) is 3.35. The van der Waals surface area contributed by atoms with E-state index >= 15 is 0 Å². The summed E-state index contributed by atoms with van der Waals surface area (Å²) >= 11 is 0. The van der Waals surface area contributed by atoms with Crippen molar-refractivity contribution in [2.24, 2.45) is 5.92 Å². The molecule has 7 nitrogen and oxygen atoms in total. The number of carbonyl (C=O) groups excluding carboxylic acids is 2. The molecule has 0 N–H and O–H groups in total. The lowest BCUT2D eigenvalue weighted by Gasteiger charge is -2.33. The predicted molar refractivity (Wildman–Crippen MR) is 99.1 cm³/mol. The number of anilines is 1. The van der Waals surface area contributed by atoms with Gasteiger partial charge in [0.2, 0.25) is 17.6 Å². The first-order valence-electron chi connectivity index (χ1n) is 8.77. The van der Waals surface area contributed by atoms with Crippen molar-refractivity contribution in [3.8, 4) is 17.2 Å². The van der Waals surface area contributed by atoms with E-state index < -0.39 is 0 Å². The molecule has 2 rings (SSSR count). The summed E-state index contributed by atoms with van der Waals surface area (Å²) in [6.45, 7) is 5.04. The maximum absolute atomic E-state index is 12.7. The van der Waals surface area contributed by atoms with E-state index in [9.17, 15) is 9.59 Å². The summed E-state index contributed by atoms with van der Waals surface area (Å²) in [7, 11) is 4.54. The Labute approximate surface area is 154 Å². The van der Waals surface area contributed by atoms with Gasteiger partial charge in [-0.1, -0.05) is 6.92 Å². The number of hydrogen-bond acceptors (Lipinski definition) is 5. The van der Waals surface area contributed by atoms with E-state index in [1.165, 1.54) is 33.2 Å². The molecule has 0 aromatic heterocycles. The molecule has 1 fully saturated rings. The molecule has 2 amide bonds. The lowest BCUT2D eigenvalue weighted by Crippen LogP contribution is -2.46. The van der Waals surface area contributed by atoms with Crippen molar-refractivity contribution >= 4 is 17.5 Å². The summed E-state index contributed by atoms with van der Waals surface area (Å²) in [4.78, 5) is 28.2. The van der Waals surface area contributed by atoms with E-state index in [2.05, 4.69) is 6.92 Å². The van der Waals surface area contributed by atoms with Crippen LogP contribution in [0.4, 0.5) is 5.69 Å². The second-order valence-corrected chi connectivity index (χ2v) is 6.58. The molecular weight excluding hydrogens is 336 g/mol. The molecule has 7 heteroatoms. The Bertz CT molecular complexity index is 636. The molecule has 0 radical (unpaired) electrons. The summed E-state index contributed by atoms with van der Waals surface area (Å²) in [6.07, 6.45) is 2.13. The van der Waals surface area contributed by atoms with Crippen LogP contribution in [-0.4, -0.2) is 57.7 Å². The van der Waals surface area contributed by atoms with Gasteiger partial charge >= 0.3 is 0 Å². The number of likely N-dealkylation sites (tertiary alicyclic amines) is 1. The molecule has 1 aromatic carbocycles. The maximum atomic E-state index is 12.7. The van der Waals surface area contributed by atoms with E-state index in [1.54, 1.807) is 12.1 Å². The number of rotatable bonds is 6. The van der Waals surface area contributed by atoms with Gasteiger partial charge in [-0.25, -0.2) is 0 Å². The van der Waals surface area contributed by atoms with E-state index in [1.807, 2.05) is 4.90 Å². The fourth-order valence-electron chi connectivity index (χ4n) is 3.26. The second kappa shape index (κ2) is 8.78. The van der Waals surface area contributed by atoms with Crippen LogP contribution < -0.4 is 19.1 Å². The molecule has 0 spiro atoms. The van der Waals surface area contributed by atoms with Crippen molar-refractivity contribution in [2.75, 3.05) is 45.9 Å². The minimum atomic E-state index is -0.224. The van der Waals surface area contributed by atoms with E-state index in [-0.39, 0.29) is 18.4 Å².